The average Bonchev–Trinajstić information content (AvgIpc) is 3.53. The number of nitrogens with one attached hydrogen (secondary N) is 1. The molecule has 3 aromatic rings. The number of aromatic hydroxyl groups is 1. The number of nitrogens with zero attached hydrogens (tertiary/aromatic N) is 4. The maximum atomic E-state index is 16.3. The van der Waals surface area contributed by atoms with Gasteiger partial charge in [-0.05, 0) is 109 Å². The summed E-state index contributed by atoms with van der Waals surface area (Å²) in [4.78, 5) is 46.2. The average molecular weight is 744 g/mol. The van der Waals surface area contributed by atoms with Gasteiger partial charge in [-0.15, -0.1) is 0 Å². The summed E-state index contributed by atoms with van der Waals surface area (Å²) in [5.41, 5.74) is 7.30. The number of imide groups is 1. The molecule has 4 atom stereocenters. The molecule has 2 N–H and O–H groups in total. The van der Waals surface area contributed by atoms with Crippen molar-refractivity contribution in [1.29, 1.82) is 0 Å². The van der Waals surface area contributed by atoms with Crippen LogP contribution in [0.1, 0.15) is 83.0 Å². The van der Waals surface area contributed by atoms with Gasteiger partial charge in [-0.2, -0.15) is 0 Å². The Morgan fingerprint density at radius 2 is 1.58 bits per heavy atom. The summed E-state index contributed by atoms with van der Waals surface area (Å²) in [6, 6.07) is 21.6. The Kier molecular flexibility index (Phi) is 9.70. The fourth-order valence-corrected chi connectivity index (χ4v) is 10.3. The predicted octanol–water partition coefficient (Wildman–Crippen LogP) is 6.26. The highest BCUT2D eigenvalue weighted by atomic mass is 19.1. The number of allylic oxidation sites excluding steroid dienone is 3. The molecule has 4 aliphatic heterocycles. The molecule has 10 heteroatoms. The number of aryl methyl sites for hydroxylation is 1. The van der Waals surface area contributed by atoms with Gasteiger partial charge in [0.05, 0.1) is 0 Å². The van der Waals surface area contributed by atoms with Crippen molar-refractivity contribution in [2.45, 2.75) is 69.4 Å². The minimum atomic E-state index is -0.600. The minimum Gasteiger partial charge on any atom is -0.508 e. The number of benzene rings is 3. The number of hydrogen-bond donors (Lipinski definition) is 2. The van der Waals surface area contributed by atoms with Crippen LogP contribution in [-0.2, 0) is 22.6 Å². The van der Waals surface area contributed by atoms with Crippen molar-refractivity contribution in [2.24, 2.45) is 11.8 Å². The van der Waals surface area contributed by atoms with E-state index in [1.54, 1.807) is 11.0 Å². The van der Waals surface area contributed by atoms with Crippen molar-refractivity contribution < 1.29 is 23.9 Å². The standard InChI is InChI=1S/C45H50FN5O4/c46-40-26-34(8-12-39(40)43-36(30-4-2-1-3-5-30)10-6-31-25-35(52)9-13-37(31)43)49-18-16-29(17-19-49)27-48-20-22-50(23-21-48)33-7-11-38-32(24-33)28-51(45(38)55)41-14-15-42(53)47-44(41)54/h1-5,7-9,11,13,24-26,29,36,39,41,43,52H,6,10,12,14-23,27-28H2,(H,47,53,54)/t36-,39?,41?,43+/m1/s1. The first-order chi connectivity index (χ1) is 26.8. The molecular formula is C45H50FN5O4. The monoisotopic (exact) mass is 743 g/mol. The number of piperidine rings is 2. The zero-order valence-electron chi connectivity index (χ0n) is 31.3. The first-order valence-corrected chi connectivity index (χ1v) is 20.2. The zero-order valence-corrected chi connectivity index (χ0v) is 31.3. The Morgan fingerprint density at radius 3 is 2.35 bits per heavy atom. The van der Waals surface area contributed by atoms with E-state index in [-0.39, 0.29) is 53.5 Å². The van der Waals surface area contributed by atoms with Crippen molar-refractivity contribution in [3.8, 4) is 5.75 Å². The molecule has 2 aliphatic carbocycles. The molecule has 0 spiro atoms. The van der Waals surface area contributed by atoms with Gasteiger partial charge in [0, 0.05) is 87.6 Å². The number of carbonyl (C=O) groups is 3. The van der Waals surface area contributed by atoms with E-state index in [9.17, 15) is 19.5 Å². The van der Waals surface area contributed by atoms with Crippen molar-refractivity contribution in [3.63, 3.8) is 0 Å². The Hall–Kier alpha value is -4.96. The van der Waals surface area contributed by atoms with Gasteiger partial charge in [0.25, 0.3) is 5.91 Å². The summed E-state index contributed by atoms with van der Waals surface area (Å²) in [7, 11) is 0. The fraction of sp³-hybridized carbons (Fsp3) is 0.444. The van der Waals surface area contributed by atoms with Crippen LogP contribution in [-0.4, -0.2) is 89.4 Å². The van der Waals surface area contributed by atoms with E-state index in [2.05, 4.69) is 56.4 Å². The molecule has 9 rings (SSSR count). The van der Waals surface area contributed by atoms with Crippen LogP contribution in [0.2, 0.25) is 0 Å². The van der Waals surface area contributed by atoms with Crippen LogP contribution in [0, 0.1) is 11.8 Å². The second-order valence-electron chi connectivity index (χ2n) is 16.4. The summed E-state index contributed by atoms with van der Waals surface area (Å²) in [5.74, 6) is 0.0998. The maximum Gasteiger partial charge on any atom is 0.255 e. The molecule has 9 nitrogen and oxygen atoms in total. The Morgan fingerprint density at radius 1 is 0.782 bits per heavy atom. The van der Waals surface area contributed by atoms with E-state index in [4.69, 9.17) is 0 Å². The summed E-state index contributed by atoms with van der Waals surface area (Å²) in [6.07, 6.45) is 9.39. The second kappa shape index (κ2) is 14.9. The van der Waals surface area contributed by atoms with E-state index in [1.807, 2.05) is 36.4 Å². The topological polar surface area (TPSA) is 96.4 Å². The van der Waals surface area contributed by atoms with Crippen LogP contribution in [0.25, 0.3) is 0 Å². The number of phenolic OH excluding ortho intramolecular Hbond substituents is 1. The second-order valence-corrected chi connectivity index (χ2v) is 16.4. The number of phenols is 1. The largest absolute Gasteiger partial charge is 0.508 e. The molecular weight excluding hydrogens is 694 g/mol. The van der Waals surface area contributed by atoms with E-state index < -0.39 is 6.04 Å². The number of likely N-dealkylation sites (tertiary alicyclic amines) is 1. The summed E-state index contributed by atoms with van der Waals surface area (Å²) in [6.45, 7) is 7.13. The van der Waals surface area contributed by atoms with E-state index in [0.29, 0.717) is 30.9 Å². The molecule has 0 bridgehead atoms. The number of anilines is 1. The normalized spacial score (nSPS) is 26.3. The predicted molar refractivity (Wildman–Crippen MR) is 209 cm³/mol. The highest BCUT2D eigenvalue weighted by Gasteiger charge is 2.41. The Bertz CT molecular complexity index is 2030. The number of halogens is 1. The van der Waals surface area contributed by atoms with Crippen LogP contribution in [0.5, 0.6) is 5.75 Å². The van der Waals surface area contributed by atoms with Gasteiger partial charge in [0.1, 0.15) is 17.6 Å². The third-order valence-electron chi connectivity index (χ3n) is 13.3. The molecule has 3 aromatic carbocycles. The molecule has 3 fully saturated rings. The smallest absolute Gasteiger partial charge is 0.255 e. The number of piperazine rings is 1. The van der Waals surface area contributed by atoms with E-state index in [1.165, 1.54) is 11.1 Å². The first kappa shape index (κ1) is 35.7. The quantitative estimate of drug-likeness (QED) is 0.276. The van der Waals surface area contributed by atoms with Gasteiger partial charge < -0.3 is 19.8 Å². The Labute approximate surface area is 322 Å². The zero-order chi connectivity index (χ0) is 37.6. The molecule has 3 saturated heterocycles. The van der Waals surface area contributed by atoms with Crippen molar-refractivity contribution in [3.05, 3.63) is 118 Å². The van der Waals surface area contributed by atoms with Gasteiger partial charge in [-0.1, -0.05) is 42.5 Å². The number of hydrogen-bond acceptors (Lipinski definition) is 7. The SMILES string of the molecule is O=C1CCC(N2Cc3cc(N4CCN(CC5CCN(C6=CCC([C@@H]7c8ccc(O)cc8CC[C@@H]7c7ccccc7)C(F)=C6)CC5)CC4)ccc3C2=O)C(=O)N1. The van der Waals surface area contributed by atoms with Gasteiger partial charge >= 0.3 is 0 Å². The molecule has 0 saturated carbocycles. The van der Waals surface area contributed by atoms with Crippen LogP contribution in [0.4, 0.5) is 10.1 Å². The van der Waals surface area contributed by atoms with Gasteiger partial charge in [0.15, 0.2) is 0 Å². The third kappa shape index (κ3) is 7.05. The number of carbonyl (C=O) groups excluding carboxylic acids is 3. The minimum absolute atomic E-state index is 0.0223. The fourth-order valence-electron chi connectivity index (χ4n) is 10.3. The van der Waals surface area contributed by atoms with E-state index in [0.717, 1.165) is 94.0 Å². The highest BCUT2D eigenvalue weighted by Crippen LogP contribution is 2.51. The molecule has 6 aliphatic rings. The molecule has 286 valence electrons. The van der Waals surface area contributed by atoms with Gasteiger partial charge in [-0.3, -0.25) is 24.6 Å². The first-order valence-electron chi connectivity index (χ1n) is 20.2. The number of rotatable bonds is 7. The van der Waals surface area contributed by atoms with Crippen molar-refractivity contribution in [2.75, 3.05) is 50.7 Å². The maximum absolute atomic E-state index is 16.3. The lowest BCUT2D eigenvalue weighted by Crippen LogP contribution is -2.52. The lowest BCUT2D eigenvalue weighted by Gasteiger charge is -2.42. The van der Waals surface area contributed by atoms with Crippen molar-refractivity contribution in [1.82, 2.24) is 20.0 Å². The highest BCUT2D eigenvalue weighted by molar-refractivity contribution is 6.05. The summed E-state index contributed by atoms with van der Waals surface area (Å²) < 4.78 is 16.3. The van der Waals surface area contributed by atoms with Gasteiger partial charge in [-0.25, -0.2) is 4.39 Å². The van der Waals surface area contributed by atoms with Crippen LogP contribution in [0.15, 0.2) is 90.4 Å². The molecule has 2 unspecified atom stereocenters. The summed E-state index contributed by atoms with van der Waals surface area (Å²) >= 11 is 0. The molecule has 55 heavy (non-hydrogen) atoms. The lowest BCUT2D eigenvalue weighted by molar-refractivity contribution is -0.136. The Balaban J connectivity index is 0.775. The molecule has 0 radical (unpaired) electrons. The van der Waals surface area contributed by atoms with Crippen LogP contribution < -0.4 is 10.2 Å². The van der Waals surface area contributed by atoms with Crippen molar-refractivity contribution >= 4 is 23.4 Å². The number of fused-ring (bicyclic) bond motifs is 2. The third-order valence-corrected chi connectivity index (χ3v) is 13.3. The van der Waals surface area contributed by atoms with Crippen LogP contribution >= 0.6 is 0 Å². The van der Waals surface area contributed by atoms with E-state index >= 15 is 4.39 Å². The van der Waals surface area contributed by atoms with Crippen LogP contribution in [0.3, 0.4) is 0 Å². The molecule has 3 amide bonds. The molecule has 0 aromatic heterocycles. The van der Waals surface area contributed by atoms with Gasteiger partial charge in [0.2, 0.25) is 11.8 Å². The lowest BCUT2D eigenvalue weighted by atomic mass is 9.65. The summed E-state index contributed by atoms with van der Waals surface area (Å²) in [5, 5.41) is 12.6. The number of amides is 3. The molecule has 4 heterocycles.